The van der Waals surface area contributed by atoms with Crippen molar-refractivity contribution < 1.29 is 36.7 Å². The van der Waals surface area contributed by atoms with E-state index in [-0.39, 0.29) is 22.0 Å². The number of rotatable bonds is 2. The molecule has 0 spiro atoms. The van der Waals surface area contributed by atoms with Crippen LogP contribution in [0.4, 0.5) is 0 Å². The summed E-state index contributed by atoms with van der Waals surface area (Å²) >= 11 is 0. The van der Waals surface area contributed by atoms with E-state index in [4.69, 9.17) is 5.11 Å². The third-order valence-corrected chi connectivity index (χ3v) is 0.770. The van der Waals surface area contributed by atoms with Crippen LogP contribution in [0.2, 0.25) is 0 Å². The molecular formula is C5H10NiO4. The van der Waals surface area contributed by atoms with E-state index in [2.05, 4.69) is 0 Å². The molecule has 0 aliphatic heterocycles. The van der Waals surface area contributed by atoms with Gasteiger partial charge < -0.3 is 10.6 Å². The Morgan fingerprint density at radius 2 is 1.40 bits per heavy atom. The number of carbonyl (C=O) groups excluding carboxylic acids is 2. The molecule has 0 heterocycles. The number of carbonyl (C=O) groups is 2. The molecule has 0 radical (unpaired) electrons. The molecule has 64 valence electrons. The Morgan fingerprint density at radius 1 is 1.20 bits per heavy atom. The zero-order valence-electron chi connectivity index (χ0n) is 5.66. The van der Waals surface area contributed by atoms with Crippen LogP contribution < -0.4 is 0 Å². The van der Waals surface area contributed by atoms with Gasteiger partial charge in [0, 0.05) is 16.5 Å². The minimum atomic E-state index is -1.41. The largest absolute Gasteiger partial charge is 0.412 e. The van der Waals surface area contributed by atoms with Gasteiger partial charge in [-0.3, -0.25) is 9.59 Å². The molecule has 0 saturated carbocycles. The summed E-state index contributed by atoms with van der Waals surface area (Å²) in [6.45, 7) is 2.35. The minimum absolute atomic E-state index is 0. The zero-order chi connectivity index (χ0) is 6.73. The van der Waals surface area contributed by atoms with Crippen LogP contribution in [-0.2, 0) is 26.1 Å². The average Bonchev–Trinajstić information content (AvgIpc) is 1.64. The molecule has 0 aliphatic rings. The maximum absolute atomic E-state index is 10.1. The standard InChI is InChI=1S/C5H8O3.Ni.H2O/c1-3(6)5(8)4(2)7;;/h5,8H,1-2H3;;1H2. The predicted molar refractivity (Wildman–Crippen MR) is 31.0 cm³/mol. The fraction of sp³-hybridized carbons (Fsp3) is 0.600. The van der Waals surface area contributed by atoms with Crippen LogP contribution in [0.25, 0.3) is 0 Å². The molecule has 0 aromatic carbocycles. The summed E-state index contributed by atoms with van der Waals surface area (Å²) in [4.78, 5) is 20.2. The summed E-state index contributed by atoms with van der Waals surface area (Å²) < 4.78 is 0. The Bertz CT molecular complexity index is 109. The topological polar surface area (TPSA) is 85.9 Å². The van der Waals surface area contributed by atoms with Crippen LogP contribution in [0.5, 0.6) is 0 Å². The molecule has 4 nitrogen and oxygen atoms in total. The van der Waals surface area contributed by atoms with Crippen molar-refractivity contribution in [3.63, 3.8) is 0 Å². The molecule has 5 heteroatoms. The van der Waals surface area contributed by atoms with E-state index in [1.54, 1.807) is 0 Å². The number of aliphatic hydroxyl groups is 1. The first-order valence-corrected chi connectivity index (χ1v) is 2.24. The molecule has 0 saturated heterocycles. The van der Waals surface area contributed by atoms with Crippen LogP contribution in [0, 0.1) is 0 Å². The van der Waals surface area contributed by atoms with Crippen molar-refractivity contribution in [2.75, 3.05) is 0 Å². The molecule has 10 heavy (non-hydrogen) atoms. The van der Waals surface area contributed by atoms with Crippen molar-refractivity contribution in [2.24, 2.45) is 0 Å². The van der Waals surface area contributed by atoms with Crippen molar-refractivity contribution >= 4 is 11.6 Å². The predicted octanol–water partition coefficient (Wildman–Crippen LogP) is -1.30. The van der Waals surface area contributed by atoms with E-state index in [1.807, 2.05) is 0 Å². The van der Waals surface area contributed by atoms with Gasteiger partial charge in [0.2, 0.25) is 0 Å². The summed E-state index contributed by atoms with van der Waals surface area (Å²) in [5, 5.41) is 8.50. The van der Waals surface area contributed by atoms with E-state index >= 15 is 0 Å². The second-order valence-electron chi connectivity index (χ2n) is 1.62. The zero-order valence-corrected chi connectivity index (χ0v) is 6.64. The third kappa shape index (κ3) is 5.88. The second-order valence-corrected chi connectivity index (χ2v) is 1.62. The maximum Gasteiger partial charge on any atom is 0.170 e. The van der Waals surface area contributed by atoms with Crippen molar-refractivity contribution in [3.8, 4) is 0 Å². The van der Waals surface area contributed by atoms with Gasteiger partial charge in [-0.1, -0.05) is 0 Å². The quantitative estimate of drug-likeness (QED) is 0.436. The first kappa shape index (κ1) is 16.4. The fourth-order valence-electron chi connectivity index (χ4n) is 0.286. The van der Waals surface area contributed by atoms with Gasteiger partial charge >= 0.3 is 0 Å². The number of aliphatic hydroxyl groups excluding tert-OH is 1. The molecular weight excluding hydrogens is 183 g/mol. The first-order chi connectivity index (χ1) is 3.55. The van der Waals surface area contributed by atoms with Crippen molar-refractivity contribution in [1.82, 2.24) is 0 Å². The number of hydrogen-bond acceptors (Lipinski definition) is 3. The molecule has 3 N–H and O–H groups in total. The number of Topliss-reactive ketones (excluding diaryl/α,β-unsaturated/α-hetero) is 2. The molecule has 0 bridgehead atoms. The molecule has 0 rings (SSSR count). The summed E-state index contributed by atoms with van der Waals surface area (Å²) in [6.07, 6.45) is -1.41. The monoisotopic (exact) mass is 192 g/mol. The fourth-order valence-corrected chi connectivity index (χ4v) is 0.286. The summed E-state index contributed by atoms with van der Waals surface area (Å²) in [6, 6.07) is 0. The van der Waals surface area contributed by atoms with E-state index in [9.17, 15) is 9.59 Å². The van der Waals surface area contributed by atoms with Crippen LogP contribution in [0.1, 0.15) is 13.8 Å². The Hall–Kier alpha value is -0.246. The minimum Gasteiger partial charge on any atom is -0.412 e. The van der Waals surface area contributed by atoms with Crippen LogP contribution in [-0.4, -0.2) is 28.3 Å². The Labute approximate surface area is 68.8 Å². The van der Waals surface area contributed by atoms with E-state index in [0.29, 0.717) is 0 Å². The molecule has 0 aliphatic carbocycles. The molecule has 0 aromatic heterocycles. The summed E-state index contributed by atoms with van der Waals surface area (Å²) in [5.41, 5.74) is 0. The molecule has 0 amide bonds. The van der Waals surface area contributed by atoms with Gasteiger partial charge in [-0.05, 0) is 13.8 Å². The van der Waals surface area contributed by atoms with Gasteiger partial charge in [0.05, 0.1) is 0 Å². The van der Waals surface area contributed by atoms with Gasteiger partial charge in [-0.2, -0.15) is 0 Å². The van der Waals surface area contributed by atoms with E-state index in [0.717, 1.165) is 0 Å². The molecule has 0 fully saturated rings. The van der Waals surface area contributed by atoms with Crippen molar-refractivity contribution in [2.45, 2.75) is 20.0 Å². The Kier molecular flexibility index (Phi) is 11.3. The number of ketones is 2. The molecule has 0 aromatic rings. The van der Waals surface area contributed by atoms with Crippen molar-refractivity contribution in [1.29, 1.82) is 0 Å². The number of hydrogen-bond donors (Lipinski definition) is 1. The normalized spacial score (nSPS) is 7.60. The smallest absolute Gasteiger partial charge is 0.170 e. The third-order valence-electron chi connectivity index (χ3n) is 0.770. The summed E-state index contributed by atoms with van der Waals surface area (Å²) in [5.74, 6) is -1.00. The van der Waals surface area contributed by atoms with Gasteiger partial charge in [-0.15, -0.1) is 0 Å². The molecule has 0 atom stereocenters. The van der Waals surface area contributed by atoms with E-state index in [1.165, 1.54) is 13.8 Å². The second kappa shape index (κ2) is 6.87. The van der Waals surface area contributed by atoms with Crippen LogP contribution in [0.3, 0.4) is 0 Å². The SMILES string of the molecule is CC(=O)C(O)C(C)=O.O.[Ni]. The summed E-state index contributed by atoms with van der Waals surface area (Å²) in [7, 11) is 0. The average molecular weight is 193 g/mol. The van der Waals surface area contributed by atoms with Gasteiger partial charge in [0.15, 0.2) is 17.7 Å². The van der Waals surface area contributed by atoms with Crippen molar-refractivity contribution in [3.05, 3.63) is 0 Å². The van der Waals surface area contributed by atoms with Gasteiger partial charge in [0.1, 0.15) is 0 Å². The van der Waals surface area contributed by atoms with Gasteiger partial charge in [-0.25, -0.2) is 0 Å². The Balaban J connectivity index is -0.000000245. The Morgan fingerprint density at radius 3 is 1.40 bits per heavy atom. The maximum atomic E-state index is 10.1. The van der Waals surface area contributed by atoms with Crippen LogP contribution in [0.15, 0.2) is 0 Å². The van der Waals surface area contributed by atoms with E-state index < -0.39 is 17.7 Å². The molecule has 0 unspecified atom stereocenters. The van der Waals surface area contributed by atoms with Crippen LogP contribution >= 0.6 is 0 Å². The van der Waals surface area contributed by atoms with Gasteiger partial charge in [0.25, 0.3) is 0 Å². The first-order valence-electron chi connectivity index (χ1n) is 2.24.